The molecule has 0 bridgehead atoms. The molecule has 2 aliphatic heterocycles. The molecule has 0 radical (unpaired) electrons. The van der Waals surface area contributed by atoms with Crippen molar-refractivity contribution in [3.05, 3.63) is 58.6 Å². The van der Waals surface area contributed by atoms with E-state index in [4.69, 9.17) is 5.73 Å². The second-order valence-corrected chi connectivity index (χ2v) is 5.96. The number of nitrogen functional groups attached to an aromatic ring is 1. The molecule has 134 valence electrons. The lowest BCUT2D eigenvalue weighted by Gasteiger charge is -2.30. The largest absolute Gasteiger partial charge is 0.399 e. The van der Waals surface area contributed by atoms with Crippen molar-refractivity contribution in [3.8, 4) is 0 Å². The fraction of sp³-hybridized carbons (Fsp3) is 0.222. The number of nitro groups is 1. The van der Waals surface area contributed by atoms with Crippen LogP contribution < -0.4 is 15.5 Å². The van der Waals surface area contributed by atoms with E-state index in [9.17, 15) is 19.7 Å². The van der Waals surface area contributed by atoms with Crippen molar-refractivity contribution in [3.63, 3.8) is 0 Å². The van der Waals surface area contributed by atoms with Crippen LogP contribution in [0.5, 0.6) is 0 Å². The molecule has 2 fully saturated rings. The predicted molar refractivity (Wildman–Crippen MR) is 97.9 cm³/mol. The first-order valence-corrected chi connectivity index (χ1v) is 8.16. The van der Waals surface area contributed by atoms with Crippen LogP contribution in [0.4, 0.5) is 22.7 Å². The summed E-state index contributed by atoms with van der Waals surface area (Å²) in [6.45, 7) is 1.47. The van der Waals surface area contributed by atoms with Gasteiger partial charge in [0.05, 0.1) is 10.6 Å². The Balaban J connectivity index is 0.000000152. The van der Waals surface area contributed by atoms with Crippen LogP contribution in [0.3, 0.4) is 0 Å². The third-order valence-electron chi connectivity index (χ3n) is 4.23. The third-order valence-corrected chi connectivity index (χ3v) is 4.23. The number of nitro benzene ring substituents is 1. The highest BCUT2D eigenvalue weighted by Gasteiger charge is 2.26. The number of hydrogen-bond donors (Lipinski definition) is 1. The highest BCUT2D eigenvalue weighted by atomic mass is 16.6. The van der Waals surface area contributed by atoms with Crippen LogP contribution in [0.25, 0.3) is 0 Å². The van der Waals surface area contributed by atoms with E-state index in [1.807, 2.05) is 24.3 Å². The van der Waals surface area contributed by atoms with Crippen molar-refractivity contribution in [2.24, 2.45) is 0 Å². The van der Waals surface area contributed by atoms with Gasteiger partial charge in [-0.25, -0.2) is 0 Å². The topological polar surface area (TPSA) is 110 Å². The first-order chi connectivity index (χ1) is 12.5. The zero-order chi connectivity index (χ0) is 18.7. The first kappa shape index (κ1) is 17.4. The number of amides is 2. The molecular weight excluding hydrogens is 336 g/mol. The van der Waals surface area contributed by atoms with Gasteiger partial charge in [0.1, 0.15) is 0 Å². The monoisotopic (exact) mass is 354 g/mol. The molecule has 0 atom stereocenters. The van der Waals surface area contributed by atoms with Crippen LogP contribution >= 0.6 is 0 Å². The molecule has 0 aliphatic carbocycles. The number of nitrogens with zero attached hydrogens (tertiary/aromatic N) is 3. The van der Waals surface area contributed by atoms with Gasteiger partial charge in [-0.05, 0) is 24.3 Å². The summed E-state index contributed by atoms with van der Waals surface area (Å²) in [5.74, 6) is 0.200. The second-order valence-electron chi connectivity index (χ2n) is 5.96. The smallest absolute Gasteiger partial charge is 0.271 e. The molecular formula is C18H18N4O4. The van der Waals surface area contributed by atoms with Gasteiger partial charge in [0.2, 0.25) is 11.8 Å². The Labute approximate surface area is 150 Å². The molecule has 0 saturated carbocycles. The van der Waals surface area contributed by atoms with E-state index in [1.165, 1.54) is 17.0 Å². The summed E-state index contributed by atoms with van der Waals surface area (Å²) in [4.78, 5) is 35.4. The summed E-state index contributed by atoms with van der Waals surface area (Å²) in [7, 11) is 0. The third kappa shape index (κ3) is 3.64. The minimum atomic E-state index is -0.465. The average Bonchev–Trinajstić information content (AvgIpc) is 2.60. The Morgan fingerprint density at radius 1 is 0.885 bits per heavy atom. The zero-order valence-corrected chi connectivity index (χ0v) is 14.0. The molecule has 8 heteroatoms. The molecule has 2 heterocycles. The summed E-state index contributed by atoms with van der Waals surface area (Å²) in [6.07, 6.45) is 1.19. The molecule has 0 unspecified atom stereocenters. The Bertz CT molecular complexity index is 868. The predicted octanol–water partition coefficient (Wildman–Crippen LogP) is 2.34. The maximum Gasteiger partial charge on any atom is 0.271 e. The molecule has 0 spiro atoms. The molecule has 2 aromatic rings. The molecule has 2 aromatic carbocycles. The molecule has 2 amide bonds. The maximum absolute atomic E-state index is 11.1. The van der Waals surface area contributed by atoms with Crippen LogP contribution in [0, 0.1) is 10.1 Å². The maximum atomic E-state index is 11.1. The molecule has 0 aromatic heterocycles. The van der Waals surface area contributed by atoms with E-state index in [0.29, 0.717) is 30.8 Å². The van der Waals surface area contributed by atoms with E-state index >= 15 is 0 Å². The Morgan fingerprint density at radius 2 is 1.42 bits per heavy atom. The van der Waals surface area contributed by atoms with Crippen LogP contribution in [0.1, 0.15) is 12.8 Å². The minimum absolute atomic E-state index is 0.0159. The number of carbonyl (C=O) groups is 2. The van der Waals surface area contributed by atoms with Gasteiger partial charge in [-0.1, -0.05) is 12.1 Å². The number of anilines is 3. The quantitative estimate of drug-likeness (QED) is 0.394. The fourth-order valence-corrected chi connectivity index (χ4v) is 2.64. The SMILES string of the molecule is Nc1cccc(N2CCC2=O)c1.O=C1CCN1c1cccc([N+](=O)[O-])c1. The van der Waals surface area contributed by atoms with Gasteiger partial charge in [0, 0.05) is 49.4 Å². The minimum Gasteiger partial charge on any atom is -0.399 e. The number of β-lactam (4-membered cyclic amide) rings is 2. The molecule has 2 saturated heterocycles. The van der Waals surface area contributed by atoms with Crippen LogP contribution in [0.15, 0.2) is 48.5 Å². The average molecular weight is 354 g/mol. The summed E-state index contributed by atoms with van der Waals surface area (Å²) in [5, 5.41) is 10.5. The summed E-state index contributed by atoms with van der Waals surface area (Å²) < 4.78 is 0. The highest BCUT2D eigenvalue weighted by molar-refractivity contribution is 6.00. The van der Waals surface area contributed by atoms with Gasteiger partial charge in [0.25, 0.3) is 5.69 Å². The highest BCUT2D eigenvalue weighted by Crippen LogP contribution is 2.25. The molecule has 8 nitrogen and oxygen atoms in total. The second kappa shape index (κ2) is 7.22. The van der Waals surface area contributed by atoms with E-state index in [2.05, 4.69) is 0 Å². The lowest BCUT2D eigenvalue weighted by atomic mass is 10.1. The van der Waals surface area contributed by atoms with Crippen molar-refractivity contribution in [1.29, 1.82) is 0 Å². The number of carbonyl (C=O) groups excluding carboxylic acids is 2. The van der Waals surface area contributed by atoms with Gasteiger partial charge < -0.3 is 15.5 Å². The van der Waals surface area contributed by atoms with E-state index in [0.717, 1.165) is 12.2 Å². The van der Waals surface area contributed by atoms with Crippen LogP contribution in [-0.4, -0.2) is 29.8 Å². The molecule has 2 aliphatic rings. The lowest BCUT2D eigenvalue weighted by Crippen LogP contribution is -2.43. The number of non-ortho nitro benzene ring substituents is 1. The number of nitrogens with two attached hydrogens (primary N) is 1. The van der Waals surface area contributed by atoms with Crippen molar-refractivity contribution in [2.45, 2.75) is 12.8 Å². The Morgan fingerprint density at radius 3 is 1.85 bits per heavy atom. The van der Waals surface area contributed by atoms with Gasteiger partial charge in [-0.2, -0.15) is 0 Å². The Hall–Kier alpha value is -3.42. The summed E-state index contributed by atoms with van der Waals surface area (Å²) in [6, 6.07) is 13.5. The van der Waals surface area contributed by atoms with Gasteiger partial charge in [-0.15, -0.1) is 0 Å². The number of rotatable bonds is 3. The fourth-order valence-electron chi connectivity index (χ4n) is 2.64. The van der Waals surface area contributed by atoms with Crippen LogP contribution in [-0.2, 0) is 9.59 Å². The summed E-state index contributed by atoms with van der Waals surface area (Å²) in [5.41, 5.74) is 7.82. The molecule has 2 N–H and O–H groups in total. The summed E-state index contributed by atoms with van der Waals surface area (Å²) >= 11 is 0. The standard InChI is InChI=1S/C9H8N2O3.C9H10N2O/c12-9-4-5-10(9)7-2-1-3-8(6-7)11(13)14;10-7-2-1-3-8(6-7)11-5-4-9(11)12/h1-3,6H,4-5H2;1-3,6H,4-5,10H2. The van der Waals surface area contributed by atoms with Gasteiger partial charge >= 0.3 is 0 Å². The van der Waals surface area contributed by atoms with Crippen molar-refractivity contribution in [1.82, 2.24) is 0 Å². The van der Waals surface area contributed by atoms with Crippen molar-refractivity contribution >= 4 is 34.6 Å². The van der Waals surface area contributed by atoms with E-state index < -0.39 is 4.92 Å². The van der Waals surface area contributed by atoms with Crippen molar-refractivity contribution in [2.75, 3.05) is 28.6 Å². The van der Waals surface area contributed by atoms with E-state index in [-0.39, 0.29) is 17.5 Å². The van der Waals surface area contributed by atoms with Crippen LogP contribution in [0.2, 0.25) is 0 Å². The van der Waals surface area contributed by atoms with E-state index in [1.54, 1.807) is 17.0 Å². The van der Waals surface area contributed by atoms with Crippen molar-refractivity contribution < 1.29 is 14.5 Å². The Kier molecular flexibility index (Phi) is 4.83. The van der Waals surface area contributed by atoms with Gasteiger partial charge in [0.15, 0.2) is 0 Å². The number of hydrogen-bond acceptors (Lipinski definition) is 5. The molecule has 4 rings (SSSR count). The zero-order valence-electron chi connectivity index (χ0n) is 14.0. The first-order valence-electron chi connectivity index (χ1n) is 8.16. The number of benzene rings is 2. The lowest BCUT2D eigenvalue weighted by molar-refractivity contribution is -0.384. The van der Waals surface area contributed by atoms with Gasteiger partial charge in [-0.3, -0.25) is 19.7 Å². The normalized spacial score (nSPS) is 15.5. The molecule has 26 heavy (non-hydrogen) atoms.